The van der Waals surface area contributed by atoms with Crippen molar-refractivity contribution >= 4 is 10.0 Å². The molecule has 3 aliphatic rings. The monoisotopic (exact) mass is 530 g/mol. The second kappa shape index (κ2) is 10.1. The summed E-state index contributed by atoms with van der Waals surface area (Å²) in [7, 11) is -3.82. The van der Waals surface area contributed by atoms with Crippen molar-refractivity contribution in [2.45, 2.75) is 30.3 Å². The number of piperidine rings is 1. The molecule has 196 valence electrons. The molecular weight excluding hydrogens is 500 g/mol. The van der Waals surface area contributed by atoms with Crippen molar-refractivity contribution in [1.82, 2.24) is 13.8 Å². The van der Waals surface area contributed by atoms with Crippen molar-refractivity contribution in [3.05, 3.63) is 87.8 Å². The zero-order valence-electron chi connectivity index (χ0n) is 21.1. The molecule has 0 amide bonds. The van der Waals surface area contributed by atoms with Gasteiger partial charge in [-0.15, -0.1) is 0 Å². The zero-order chi connectivity index (χ0) is 26.3. The number of morpholine rings is 1. The minimum absolute atomic E-state index is 0.0160. The molecule has 8 nitrogen and oxygen atoms in total. The Balaban J connectivity index is 1.31. The van der Waals surface area contributed by atoms with Crippen molar-refractivity contribution in [1.29, 1.82) is 5.26 Å². The van der Waals surface area contributed by atoms with Crippen LogP contribution in [0.4, 0.5) is 0 Å². The number of hydrogen-bond acceptors (Lipinski definition) is 6. The van der Waals surface area contributed by atoms with Gasteiger partial charge in [-0.05, 0) is 47.7 Å². The normalized spacial score (nSPS) is 22.0. The summed E-state index contributed by atoms with van der Waals surface area (Å²) in [4.78, 5) is 16.2. The first-order valence-electron chi connectivity index (χ1n) is 13.1. The summed E-state index contributed by atoms with van der Waals surface area (Å²) in [5.74, 6) is -0.0429. The number of sulfonamides is 1. The van der Waals surface area contributed by atoms with E-state index in [0.717, 1.165) is 56.1 Å². The maximum Gasteiger partial charge on any atom is 0.258 e. The molecule has 0 N–H and O–H groups in total. The highest BCUT2D eigenvalue weighted by Gasteiger charge is 2.40. The summed E-state index contributed by atoms with van der Waals surface area (Å²) in [6.07, 6.45) is 0.846. The fourth-order valence-electron chi connectivity index (χ4n) is 6.15. The number of fused-ring (bicyclic) bond motifs is 4. The highest BCUT2D eigenvalue weighted by molar-refractivity contribution is 7.89. The first-order chi connectivity index (χ1) is 18.5. The van der Waals surface area contributed by atoms with Gasteiger partial charge in [0.1, 0.15) is 6.07 Å². The quantitative estimate of drug-likeness (QED) is 0.503. The number of ether oxygens (including phenoxy) is 1. The molecule has 0 spiro atoms. The van der Waals surface area contributed by atoms with E-state index in [1.165, 1.54) is 16.4 Å². The first-order valence-corrected chi connectivity index (χ1v) is 14.5. The van der Waals surface area contributed by atoms with Gasteiger partial charge in [-0.3, -0.25) is 9.69 Å². The van der Waals surface area contributed by atoms with Gasteiger partial charge >= 0.3 is 0 Å². The van der Waals surface area contributed by atoms with Crippen LogP contribution in [0.15, 0.2) is 70.4 Å². The van der Waals surface area contributed by atoms with Gasteiger partial charge in [-0.1, -0.05) is 36.4 Å². The Kier molecular flexibility index (Phi) is 6.66. The Bertz CT molecular complexity index is 1570. The largest absolute Gasteiger partial charge is 0.379 e. The third kappa shape index (κ3) is 4.48. The van der Waals surface area contributed by atoms with Crippen molar-refractivity contribution in [3.8, 4) is 17.2 Å². The molecular formula is C29H30N4O4S. The Morgan fingerprint density at radius 2 is 1.68 bits per heavy atom. The lowest BCUT2D eigenvalue weighted by Gasteiger charge is -2.42. The second-order valence-corrected chi connectivity index (χ2v) is 12.3. The fourth-order valence-corrected chi connectivity index (χ4v) is 7.85. The zero-order valence-corrected chi connectivity index (χ0v) is 21.9. The number of pyridine rings is 1. The molecule has 0 radical (unpaired) electrons. The summed E-state index contributed by atoms with van der Waals surface area (Å²) in [5.41, 5.74) is 3.78. The molecule has 6 rings (SSSR count). The first kappa shape index (κ1) is 25.0. The van der Waals surface area contributed by atoms with E-state index in [4.69, 9.17) is 4.74 Å². The molecule has 38 heavy (non-hydrogen) atoms. The van der Waals surface area contributed by atoms with Crippen molar-refractivity contribution in [3.63, 3.8) is 0 Å². The van der Waals surface area contributed by atoms with Crippen LogP contribution in [0.2, 0.25) is 0 Å². The van der Waals surface area contributed by atoms with Crippen molar-refractivity contribution in [2.75, 3.05) is 39.4 Å². The number of benzene rings is 2. The van der Waals surface area contributed by atoms with E-state index < -0.39 is 10.0 Å². The summed E-state index contributed by atoms with van der Waals surface area (Å²) in [5, 5.41) is 9.45. The minimum atomic E-state index is -3.82. The average molecular weight is 531 g/mol. The van der Waals surface area contributed by atoms with E-state index in [1.807, 2.05) is 41.0 Å². The molecule has 0 unspecified atom stereocenters. The van der Waals surface area contributed by atoms with E-state index in [2.05, 4.69) is 11.0 Å². The van der Waals surface area contributed by atoms with Crippen LogP contribution >= 0.6 is 0 Å². The molecule has 1 aromatic heterocycles. The lowest BCUT2D eigenvalue weighted by atomic mass is 9.83. The van der Waals surface area contributed by atoms with Gasteiger partial charge in [0.05, 0.1) is 23.7 Å². The number of hydrogen-bond donors (Lipinski definition) is 0. The number of aromatic nitrogens is 1. The third-order valence-electron chi connectivity index (χ3n) is 8.00. The Morgan fingerprint density at radius 3 is 2.50 bits per heavy atom. The number of nitriles is 1. The predicted octanol–water partition coefficient (Wildman–Crippen LogP) is 3.03. The smallest absolute Gasteiger partial charge is 0.258 e. The van der Waals surface area contributed by atoms with Gasteiger partial charge in [-0.25, -0.2) is 8.42 Å². The highest BCUT2D eigenvalue weighted by Crippen LogP contribution is 2.38. The van der Waals surface area contributed by atoms with Crippen LogP contribution in [0, 0.1) is 17.2 Å². The van der Waals surface area contributed by atoms with Crippen LogP contribution in [-0.2, 0) is 27.8 Å². The van der Waals surface area contributed by atoms with E-state index in [-0.39, 0.29) is 27.9 Å². The predicted molar refractivity (Wildman–Crippen MR) is 143 cm³/mol. The maximum atomic E-state index is 13.8. The Morgan fingerprint density at radius 1 is 0.921 bits per heavy atom. The molecule has 2 bridgehead atoms. The fraction of sp³-hybridized carbons (Fsp3) is 0.379. The molecule has 2 fully saturated rings. The number of nitrogens with zero attached hydrogens (tertiary/aromatic N) is 4. The van der Waals surface area contributed by atoms with Crippen LogP contribution < -0.4 is 5.56 Å². The molecule has 4 heterocycles. The van der Waals surface area contributed by atoms with Gasteiger partial charge in [-0.2, -0.15) is 9.57 Å². The number of rotatable bonds is 5. The van der Waals surface area contributed by atoms with Crippen LogP contribution in [0.1, 0.15) is 29.2 Å². The summed E-state index contributed by atoms with van der Waals surface area (Å²) in [6, 6.07) is 20.3. The van der Waals surface area contributed by atoms with E-state index in [1.54, 1.807) is 12.1 Å². The van der Waals surface area contributed by atoms with Gasteiger partial charge in [0.15, 0.2) is 0 Å². The molecule has 0 saturated carbocycles. The maximum absolute atomic E-state index is 13.8. The van der Waals surface area contributed by atoms with Gasteiger partial charge in [0.25, 0.3) is 5.56 Å². The summed E-state index contributed by atoms with van der Waals surface area (Å²) < 4.78 is 35.9. The van der Waals surface area contributed by atoms with E-state index in [9.17, 15) is 18.5 Å². The van der Waals surface area contributed by atoms with E-state index >= 15 is 0 Å². The molecule has 3 aliphatic heterocycles. The van der Waals surface area contributed by atoms with Gasteiger partial charge < -0.3 is 9.30 Å². The van der Waals surface area contributed by atoms with Crippen LogP contribution in [0.5, 0.6) is 0 Å². The Labute approximate surface area is 222 Å². The van der Waals surface area contributed by atoms with Gasteiger partial charge in [0, 0.05) is 56.4 Å². The topological polar surface area (TPSA) is 95.6 Å². The average Bonchev–Trinajstić information content (AvgIpc) is 2.94. The lowest BCUT2D eigenvalue weighted by molar-refractivity contribution is 0.0342. The highest BCUT2D eigenvalue weighted by atomic mass is 32.2. The molecule has 2 saturated heterocycles. The minimum Gasteiger partial charge on any atom is -0.379 e. The Hall–Kier alpha value is -3.29. The third-order valence-corrected chi connectivity index (χ3v) is 9.89. The SMILES string of the molecule is N#Cc1ccccc1S(=O)(=O)N1C[C@@H]2C[C@H](C1)c1ccc(-c3ccccc3CN3CCOCC3)c(=O)n1C2. The van der Waals surface area contributed by atoms with Gasteiger partial charge in [0.2, 0.25) is 10.0 Å². The van der Waals surface area contributed by atoms with Crippen LogP contribution in [-0.4, -0.2) is 61.6 Å². The standard InChI is InChI=1S/C29H30N4O4S/c30-16-22-5-2-4-8-28(22)38(35,36)32-17-21-15-24(20-32)27-10-9-26(29(34)33(27)18-21)25-7-3-1-6-23(25)19-31-11-13-37-14-12-31/h1-10,21,24H,11-15,17-20H2/t21-,24+/m0/s1. The molecule has 2 aromatic carbocycles. The lowest BCUT2D eigenvalue weighted by Crippen LogP contribution is -2.49. The molecule has 2 atom stereocenters. The molecule has 9 heteroatoms. The second-order valence-electron chi connectivity index (χ2n) is 10.4. The van der Waals surface area contributed by atoms with E-state index in [0.29, 0.717) is 25.2 Å². The summed E-state index contributed by atoms with van der Waals surface area (Å²) >= 11 is 0. The van der Waals surface area contributed by atoms with Crippen molar-refractivity contribution < 1.29 is 13.2 Å². The molecule has 0 aliphatic carbocycles. The molecule has 3 aromatic rings. The summed E-state index contributed by atoms with van der Waals surface area (Å²) in [6.45, 7) is 5.08. The van der Waals surface area contributed by atoms with Crippen molar-refractivity contribution in [2.24, 2.45) is 5.92 Å². The van der Waals surface area contributed by atoms with Crippen LogP contribution in [0.25, 0.3) is 11.1 Å². The van der Waals surface area contributed by atoms with Crippen LogP contribution in [0.3, 0.4) is 0 Å².